The number of nitrogens with one attached hydrogen (secondary N) is 1. The third-order valence-corrected chi connectivity index (χ3v) is 4.57. The Bertz CT molecular complexity index is 1370. The quantitative estimate of drug-likeness (QED) is 0.463. The van der Waals surface area contributed by atoms with Crippen molar-refractivity contribution in [2.24, 2.45) is 0 Å². The number of hydrogen-bond donors (Lipinski definition) is 1. The lowest BCUT2D eigenvalue weighted by molar-refractivity contribution is -0.137. The summed E-state index contributed by atoms with van der Waals surface area (Å²) in [6.07, 6.45) is -2.21. The summed E-state index contributed by atoms with van der Waals surface area (Å²) < 4.78 is 55.6. The largest absolute Gasteiger partial charge is 0.416 e. The van der Waals surface area contributed by atoms with Crippen molar-refractivity contribution in [2.45, 2.75) is 12.7 Å². The summed E-state index contributed by atoms with van der Waals surface area (Å²) in [5, 5.41) is 10.2. The second-order valence-electron chi connectivity index (χ2n) is 6.81. The molecule has 168 valence electrons. The minimum atomic E-state index is -4.65. The van der Waals surface area contributed by atoms with Crippen LogP contribution in [0.3, 0.4) is 0 Å². The van der Waals surface area contributed by atoms with Gasteiger partial charge in [0.25, 0.3) is 5.56 Å². The molecule has 0 aliphatic heterocycles. The van der Waals surface area contributed by atoms with Crippen LogP contribution in [0.5, 0.6) is 0 Å². The van der Waals surface area contributed by atoms with E-state index in [2.05, 4.69) is 20.5 Å². The van der Waals surface area contributed by atoms with Gasteiger partial charge in [-0.1, -0.05) is 12.1 Å². The van der Waals surface area contributed by atoms with Crippen molar-refractivity contribution >= 4 is 11.6 Å². The highest BCUT2D eigenvalue weighted by molar-refractivity contribution is 5.92. The fourth-order valence-electron chi connectivity index (χ4n) is 3.05. The first-order valence-electron chi connectivity index (χ1n) is 9.41. The van der Waals surface area contributed by atoms with E-state index in [0.29, 0.717) is 0 Å². The maximum atomic E-state index is 14.1. The zero-order chi connectivity index (χ0) is 23.6. The molecule has 2 aromatic heterocycles. The Morgan fingerprint density at radius 2 is 1.85 bits per heavy atom. The Morgan fingerprint density at radius 3 is 2.55 bits per heavy atom. The standard InChI is InChI=1S/C21H14F4N6O2/c22-15-4-2-1-3-14(15)16-6-8-20(33)30(29-16)10-19(32)28-17-9-13(21(23,24)25)5-7-18(17)31-12-26-11-27-31/h1-9,11-12H,10H2,(H,28,32). The molecule has 2 heterocycles. The van der Waals surface area contributed by atoms with E-state index >= 15 is 0 Å². The predicted molar refractivity (Wildman–Crippen MR) is 109 cm³/mol. The molecule has 0 saturated carbocycles. The Kier molecular flexibility index (Phi) is 5.73. The topological polar surface area (TPSA) is 94.7 Å². The van der Waals surface area contributed by atoms with Crippen LogP contribution in [0.4, 0.5) is 23.2 Å². The van der Waals surface area contributed by atoms with E-state index < -0.39 is 35.6 Å². The van der Waals surface area contributed by atoms with Gasteiger partial charge in [0.15, 0.2) is 0 Å². The minimum Gasteiger partial charge on any atom is -0.323 e. The number of anilines is 1. The monoisotopic (exact) mass is 458 g/mol. The first-order chi connectivity index (χ1) is 15.7. The highest BCUT2D eigenvalue weighted by Crippen LogP contribution is 2.33. The molecule has 33 heavy (non-hydrogen) atoms. The van der Waals surface area contributed by atoms with Gasteiger partial charge in [-0.2, -0.15) is 23.4 Å². The fraction of sp³-hybridized carbons (Fsp3) is 0.0952. The second-order valence-corrected chi connectivity index (χ2v) is 6.81. The van der Waals surface area contributed by atoms with Crippen molar-refractivity contribution < 1.29 is 22.4 Å². The number of carbonyl (C=O) groups is 1. The van der Waals surface area contributed by atoms with E-state index in [0.717, 1.165) is 28.9 Å². The van der Waals surface area contributed by atoms with E-state index in [1.807, 2.05) is 0 Å². The highest BCUT2D eigenvalue weighted by atomic mass is 19.4. The lowest BCUT2D eigenvalue weighted by Crippen LogP contribution is -2.29. The van der Waals surface area contributed by atoms with Gasteiger partial charge < -0.3 is 5.32 Å². The molecule has 0 aliphatic rings. The van der Waals surface area contributed by atoms with Crippen LogP contribution in [-0.4, -0.2) is 30.5 Å². The van der Waals surface area contributed by atoms with Gasteiger partial charge in [0.05, 0.1) is 22.6 Å². The maximum Gasteiger partial charge on any atom is 0.416 e. The van der Waals surface area contributed by atoms with Crippen LogP contribution >= 0.6 is 0 Å². The van der Waals surface area contributed by atoms with Gasteiger partial charge in [-0.05, 0) is 36.4 Å². The third-order valence-electron chi connectivity index (χ3n) is 4.57. The van der Waals surface area contributed by atoms with Crippen molar-refractivity contribution in [2.75, 3.05) is 5.32 Å². The van der Waals surface area contributed by atoms with Crippen molar-refractivity contribution in [3.05, 3.63) is 89.0 Å². The molecule has 0 bridgehead atoms. The minimum absolute atomic E-state index is 0.114. The van der Waals surface area contributed by atoms with E-state index in [-0.39, 0.29) is 22.6 Å². The van der Waals surface area contributed by atoms with E-state index in [9.17, 15) is 27.2 Å². The molecule has 0 fully saturated rings. The van der Waals surface area contributed by atoms with E-state index in [1.165, 1.54) is 41.6 Å². The second kappa shape index (κ2) is 8.65. The lowest BCUT2D eigenvalue weighted by atomic mass is 10.1. The van der Waals surface area contributed by atoms with E-state index in [4.69, 9.17) is 0 Å². The van der Waals surface area contributed by atoms with Crippen LogP contribution in [0.15, 0.2) is 72.0 Å². The SMILES string of the molecule is O=C(Cn1nc(-c2ccccc2F)ccc1=O)Nc1cc(C(F)(F)F)ccc1-n1cncn1. The first-order valence-corrected chi connectivity index (χ1v) is 9.41. The van der Waals surface area contributed by atoms with Crippen molar-refractivity contribution in [3.63, 3.8) is 0 Å². The van der Waals surface area contributed by atoms with Gasteiger partial charge in [0, 0.05) is 11.6 Å². The van der Waals surface area contributed by atoms with Gasteiger partial charge >= 0.3 is 6.18 Å². The Hall–Kier alpha value is -4.35. The zero-order valence-corrected chi connectivity index (χ0v) is 16.6. The van der Waals surface area contributed by atoms with Crippen molar-refractivity contribution in [3.8, 4) is 16.9 Å². The molecule has 0 spiro atoms. The molecule has 0 atom stereocenters. The number of aromatic nitrogens is 5. The number of carbonyl (C=O) groups excluding carboxylic acids is 1. The number of halogens is 4. The molecule has 1 amide bonds. The Balaban J connectivity index is 1.64. The zero-order valence-electron chi connectivity index (χ0n) is 16.6. The molecule has 2 aromatic carbocycles. The van der Waals surface area contributed by atoms with Crippen LogP contribution in [-0.2, 0) is 17.5 Å². The number of rotatable bonds is 5. The summed E-state index contributed by atoms with van der Waals surface area (Å²) in [4.78, 5) is 28.5. The van der Waals surface area contributed by atoms with Crippen LogP contribution in [0, 0.1) is 5.82 Å². The fourth-order valence-corrected chi connectivity index (χ4v) is 3.05. The van der Waals surface area contributed by atoms with Gasteiger partial charge in [0.2, 0.25) is 5.91 Å². The summed E-state index contributed by atoms with van der Waals surface area (Å²) in [7, 11) is 0. The average Bonchev–Trinajstić information content (AvgIpc) is 3.30. The van der Waals surface area contributed by atoms with Crippen LogP contribution in [0.25, 0.3) is 16.9 Å². The smallest absolute Gasteiger partial charge is 0.323 e. The van der Waals surface area contributed by atoms with Crippen LogP contribution < -0.4 is 10.9 Å². The lowest BCUT2D eigenvalue weighted by Gasteiger charge is -2.15. The molecule has 0 aliphatic carbocycles. The molecule has 0 unspecified atom stereocenters. The summed E-state index contributed by atoms with van der Waals surface area (Å²) in [5.74, 6) is -1.39. The van der Waals surface area contributed by atoms with Gasteiger partial charge in [-0.25, -0.2) is 18.7 Å². The van der Waals surface area contributed by atoms with Gasteiger partial charge in [0.1, 0.15) is 25.0 Å². The number of nitrogens with zero attached hydrogens (tertiary/aromatic N) is 5. The number of hydrogen-bond acceptors (Lipinski definition) is 5. The Labute approximate surface area is 183 Å². The number of benzene rings is 2. The van der Waals surface area contributed by atoms with Crippen LogP contribution in [0.1, 0.15) is 5.56 Å². The molecule has 4 aromatic rings. The van der Waals surface area contributed by atoms with Crippen molar-refractivity contribution in [1.29, 1.82) is 0 Å². The molecule has 0 radical (unpaired) electrons. The predicted octanol–water partition coefficient (Wildman–Crippen LogP) is 3.29. The first kappa shape index (κ1) is 21.9. The molecular formula is C21H14F4N6O2. The number of amides is 1. The van der Waals surface area contributed by atoms with E-state index in [1.54, 1.807) is 6.07 Å². The third kappa shape index (κ3) is 4.79. The van der Waals surface area contributed by atoms with Gasteiger partial charge in [-0.3, -0.25) is 9.59 Å². The van der Waals surface area contributed by atoms with Crippen LogP contribution in [0.2, 0.25) is 0 Å². The normalized spacial score (nSPS) is 11.4. The molecule has 12 heteroatoms. The summed E-state index contributed by atoms with van der Waals surface area (Å²) in [6, 6.07) is 10.9. The molecule has 0 saturated heterocycles. The highest BCUT2D eigenvalue weighted by Gasteiger charge is 2.31. The van der Waals surface area contributed by atoms with Gasteiger partial charge in [-0.15, -0.1) is 0 Å². The number of alkyl halides is 3. The Morgan fingerprint density at radius 1 is 1.06 bits per heavy atom. The average molecular weight is 458 g/mol. The van der Waals surface area contributed by atoms with Crippen molar-refractivity contribution in [1.82, 2.24) is 24.5 Å². The summed E-state index contributed by atoms with van der Waals surface area (Å²) in [6.45, 7) is -0.617. The maximum absolute atomic E-state index is 14.1. The molecule has 8 nitrogen and oxygen atoms in total. The summed E-state index contributed by atoms with van der Waals surface area (Å²) in [5.41, 5.74) is -1.46. The molecule has 1 N–H and O–H groups in total. The molecule has 4 rings (SSSR count). The summed E-state index contributed by atoms with van der Waals surface area (Å²) >= 11 is 0. The molecular weight excluding hydrogens is 444 g/mol.